The second-order valence-electron chi connectivity index (χ2n) is 2.79. The van der Waals surface area contributed by atoms with Gasteiger partial charge in [0.15, 0.2) is 0 Å². The zero-order chi connectivity index (χ0) is 10.4. The van der Waals surface area contributed by atoms with Crippen molar-refractivity contribution in [1.82, 2.24) is 0 Å². The van der Waals surface area contributed by atoms with E-state index in [-0.39, 0.29) is 11.7 Å². The van der Waals surface area contributed by atoms with E-state index in [4.69, 9.17) is 11.6 Å². The van der Waals surface area contributed by atoms with Gasteiger partial charge >= 0.3 is 0 Å². The second kappa shape index (κ2) is 5.55. The summed E-state index contributed by atoms with van der Waals surface area (Å²) in [4.78, 5) is 10.0. The van der Waals surface area contributed by atoms with Crippen molar-refractivity contribution in [3.05, 3.63) is 41.2 Å². The van der Waals surface area contributed by atoms with E-state index >= 15 is 0 Å². The third-order valence-electron chi connectivity index (χ3n) is 1.76. The molecule has 0 unspecified atom stereocenters. The highest BCUT2D eigenvalue weighted by atomic mass is 35.5. The molecule has 0 saturated heterocycles. The Labute approximate surface area is 87.2 Å². The van der Waals surface area contributed by atoms with Crippen molar-refractivity contribution < 1.29 is 9.18 Å². The van der Waals surface area contributed by atoms with Gasteiger partial charge in [-0.25, -0.2) is 4.39 Å². The summed E-state index contributed by atoms with van der Waals surface area (Å²) >= 11 is 5.51. The van der Waals surface area contributed by atoms with Gasteiger partial charge in [0.25, 0.3) is 0 Å². The first-order valence-electron chi connectivity index (χ1n) is 4.22. The van der Waals surface area contributed by atoms with E-state index in [1.54, 1.807) is 24.3 Å². The van der Waals surface area contributed by atoms with Crippen LogP contribution in [-0.2, 0) is 10.7 Å². The van der Waals surface area contributed by atoms with Crippen LogP contribution in [0.2, 0.25) is 0 Å². The number of alkyl halides is 1. The number of carbonyl (C=O) groups excluding carboxylic acids is 1. The molecule has 1 rings (SSSR count). The highest BCUT2D eigenvalue weighted by molar-refractivity contribution is 6.17. The van der Waals surface area contributed by atoms with Crippen LogP contribution in [0.5, 0.6) is 0 Å². The lowest BCUT2D eigenvalue weighted by atomic mass is 10.1. The molecule has 0 amide bonds. The summed E-state index contributed by atoms with van der Waals surface area (Å²) in [6.45, 7) is 0. The maximum atomic E-state index is 13.2. The molecule has 74 valence electrons. The molecule has 0 atom stereocenters. The largest absolute Gasteiger partial charge is 0.303 e. The van der Waals surface area contributed by atoms with E-state index in [9.17, 15) is 9.18 Å². The molecule has 0 aliphatic heterocycles. The minimum atomic E-state index is -0.312. The van der Waals surface area contributed by atoms with Crippen LogP contribution in [0.4, 0.5) is 4.39 Å². The predicted octanol–water partition coefficient (Wildman–Crippen LogP) is 3.17. The second-order valence-corrected chi connectivity index (χ2v) is 3.06. The standard InChI is InChI=1S/C11H10ClFO/c12-8-10-5-4-9(7-11(10)13)3-1-2-6-14/h1,3-7H,2,8H2. The lowest BCUT2D eigenvalue weighted by molar-refractivity contribution is -0.107. The van der Waals surface area contributed by atoms with Gasteiger partial charge in [-0.3, -0.25) is 0 Å². The van der Waals surface area contributed by atoms with Crippen LogP contribution in [0.15, 0.2) is 24.3 Å². The van der Waals surface area contributed by atoms with E-state index in [2.05, 4.69) is 0 Å². The van der Waals surface area contributed by atoms with Crippen LogP contribution in [0.1, 0.15) is 17.5 Å². The summed E-state index contributed by atoms with van der Waals surface area (Å²) in [5, 5.41) is 0. The maximum Gasteiger partial charge on any atom is 0.128 e. The molecule has 0 fully saturated rings. The van der Waals surface area contributed by atoms with Crippen LogP contribution in [-0.4, -0.2) is 6.29 Å². The zero-order valence-corrected chi connectivity index (χ0v) is 8.30. The van der Waals surface area contributed by atoms with Crippen LogP contribution in [0.3, 0.4) is 0 Å². The molecule has 3 heteroatoms. The van der Waals surface area contributed by atoms with Gasteiger partial charge in [0, 0.05) is 12.0 Å². The Morgan fingerprint density at radius 3 is 2.79 bits per heavy atom. The molecular weight excluding hydrogens is 203 g/mol. The predicted molar refractivity (Wildman–Crippen MR) is 55.7 cm³/mol. The van der Waals surface area contributed by atoms with Crippen LogP contribution in [0, 0.1) is 5.82 Å². The van der Waals surface area contributed by atoms with Crippen molar-refractivity contribution >= 4 is 24.0 Å². The SMILES string of the molecule is O=CCC=Cc1ccc(CCl)c(F)c1. The first-order valence-corrected chi connectivity index (χ1v) is 4.76. The smallest absolute Gasteiger partial charge is 0.128 e. The summed E-state index contributed by atoms with van der Waals surface area (Å²) in [6, 6.07) is 4.81. The Morgan fingerprint density at radius 2 is 2.21 bits per heavy atom. The summed E-state index contributed by atoms with van der Waals surface area (Å²) in [5.74, 6) is -0.141. The Balaban J connectivity index is 2.80. The zero-order valence-electron chi connectivity index (χ0n) is 7.54. The number of rotatable bonds is 4. The van der Waals surface area contributed by atoms with Crippen LogP contribution < -0.4 is 0 Å². The summed E-state index contributed by atoms with van der Waals surface area (Å²) in [7, 11) is 0. The van der Waals surface area contributed by atoms with Gasteiger partial charge in [-0.15, -0.1) is 11.6 Å². The summed E-state index contributed by atoms with van der Waals surface area (Å²) in [5.41, 5.74) is 1.22. The minimum absolute atomic E-state index is 0.171. The van der Waals surface area contributed by atoms with Crippen molar-refractivity contribution in [2.75, 3.05) is 0 Å². The van der Waals surface area contributed by atoms with Crippen molar-refractivity contribution in [2.24, 2.45) is 0 Å². The van der Waals surface area contributed by atoms with Gasteiger partial charge in [0.1, 0.15) is 12.1 Å². The fourth-order valence-corrected chi connectivity index (χ4v) is 1.25. The molecule has 0 N–H and O–H groups in total. The lowest BCUT2D eigenvalue weighted by Crippen LogP contribution is -1.86. The van der Waals surface area contributed by atoms with Gasteiger partial charge in [-0.05, 0) is 11.6 Å². The average Bonchev–Trinajstić information content (AvgIpc) is 2.18. The molecular formula is C11H10ClFO. The number of benzene rings is 1. The minimum Gasteiger partial charge on any atom is -0.303 e. The number of hydrogen-bond acceptors (Lipinski definition) is 1. The Kier molecular flexibility index (Phi) is 4.33. The van der Waals surface area contributed by atoms with Crippen molar-refractivity contribution in [1.29, 1.82) is 0 Å². The highest BCUT2D eigenvalue weighted by Gasteiger charge is 1.99. The average molecular weight is 213 g/mol. The van der Waals surface area contributed by atoms with E-state index in [0.29, 0.717) is 12.0 Å². The Bertz CT molecular complexity index is 347. The molecule has 14 heavy (non-hydrogen) atoms. The van der Waals surface area contributed by atoms with Gasteiger partial charge < -0.3 is 4.79 Å². The molecule has 0 radical (unpaired) electrons. The summed E-state index contributed by atoms with van der Waals surface area (Å²) < 4.78 is 13.2. The normalized spacial score (nSPS) is 10.7. The molecule has 0 spiro atoms. The lowest BCUT2D eigenvalue weighted by Gasteiger charge is -1.99. The molecule has 0 aliphatic carbocycles. The maximum absolute atomic E-state index is 13.2. The molecule has 0 aromatic heterocycles. The first-order chi connectivity index (χ1) is 6.77. The Hall–Kier alpha value is -1.15. The highest BCUT2D eigenvalue weighted by Crippen LogP contribution is 2.13. The van der Waals surface area contributed by atoms with Crippen LogP contribution in [0.25, 0.3) is 6.08 Å². The van der Waals surface area contributed by atoms with E-state index in [1.165, 1.54) is 6.07 Å². The van der Waals surface area contributed by atoms with Gasteiger partial charge in [0.05, 0.1) is 5.88 Å². The fraction of sp³-hybridized carbons (Fsp3) is 0.182. The van der Waals surface area contributed by atoms with Crippen LogP contribution >= 0.6 is 11.6 Å². The molecule has 0 heterocycles. The van der Waals surface area contributed by atoms with Gasteiger partial charge in [-0.2, -0.15) is 0 Å². The van der Waals surface area contributed by atoms with Gasteiger partial charge in [-0.1, -0.05) is 24.3 Å². The third kappa shape index (κ3) is 2.96. The fourth-order valence-electron chi connectivity index (χ4n) is 1.04. The number of carbonyl (C=O) groups is 1. The quantitative estimate of drug-likeness (QED) is 0.554. The molecule has 0 saturated carbocycles. The topological polar surface area (TPSA) is 17.1 Å². The van der Waals surface area contributed by atoms with Crippen molar-refractivity contribution in [3.8, 4) is 0 Å². The number of aldehydes is 1. The molecule has 1 aromatic carbocycles. The number of allylic oxidation sites excluding steroid dienone is 1. The number of halogens is 2. The van der Waals surface area contributed by atoms with E-state index in [0.717, 1.165) is 11.8 Å². The van der Waals surface area contributed by atoms with E-state index < -0.39 is 0 Å². The molecule has 1 aromatic rings. The summed E-state index contributed by atoms with van der Waals surface area (Å²) in [6.07, 6.45) is 4.52. The number of hydrogen-bond donors (Lipinski definition) is 0. The monoisotopic (exact) mass is 212 g/mol. The van der Waals surface area contributed by atoms with Crippen molar-refractivity contribution in [3.63, 3.8) is 0 Å². The molecule has 0 bridgehead atoms. The van der Waals surface area contributed by atoms with Crippen molar-refractivity contribution in [2.45, 2.75) is 12.3 Å². The first kappa shape index (κ1) is 10.9. The molecule has 0 aliphatic rings. The van der Waals surface area contributed by atoms with Gasteiger partial charge in [0.2, 0.25) is 0 Å². The third-order valence-corrected chi connectivity index (χ3v) is 2.05. The van der Waals surface area contributed by atoms with E-state index in [1.807, 2.05) is 0 Å². The Morgan fingerprint density at radius 1 is 1.43 bits per heavy atom. The molecule has 1 nitrogen and oxygen atoms in total.